The van der Waals surface area contributed by atoms with E-state index in [-0.39, 0.29) is 5.91 Å². The van der Waals surface area contributed by atoms with Crippen molar-refractivity contribution in [3.63, 3.8) is 0 Å². The summed E-state index contributed by atoms with van der Waals surface area (Å²) in [6, 6.07) is 21.9. The summed E-state index contributed by atoms with van der Waals surface area (Å²) < 4.78 is 5.68. The first-order valence-corrected chi connectivity index (χ1v) is 8.19. The van der Waals surface area contributed by atoms with Gasteiger partial charge >= 0.3 is 0 Å². The Labute approximate surface area is 142 Å². The Morgan fingerprint density at radius 2 is 1.79 bits per heavy atom. The summed E-state index contributed by atoms with van der Waals surface area (Å²) in [5.74, 6) is 0.864. The van der Waals surface area contributed by atoms with Crippen LogP contribution in [0.2, 0.25) is 0 Å². The maximum Gasteiger partial charge on any atom is 0.224 e. The first-order valence-electron chi connectivity index (χ1n) is 8.19. The minimum atomic E-state index is 0.0131. The summed E-state index contributed by atoms with van der Waals surface area (Å²) in [5, 5.41) is 5.18. The van der Waals surface area contributed by atoms with E-state index in [9.17, 15) is 4.79 Å². The molecule has 0 aromatic heterocycles. The van der Waals surface area contributed by atoms with Crippen LogP contribution < -0.4 is 10.1 Å². The fraction of sp³-hybridized carbons (Fsp3) is 0.190. The molecule has 0 saturated carbocycles. The summed E-state index contributed by atoms with van der Waals surface area (Å²) >= 11 is 0. The second-order valence-electron chi connectivity index (χ2n) is 5.84. The topological polar surface area (TPSA) is 38.3 Å². The molecule has 0 aliphatic rings. The highest BCUT2D eigenvalue weighted by Crippen LogP contribution is 2.23. The molecule has 0 aliphatic heterocycles. The summed E-state index contributed by atoms with van der Waals surface area (Å²) in [7, 11) is 0. The molecule has 3 heteroatoms. The van der Waals surface area contributed by atoms with Crippen LogP contribution in [0.15, 0.2) is 66.7 Å². The van der Waals surface area contributed by atoms with Gasteiger partial charge in [0.25, 0.3) is 0 Å². The van der Waals surface area contributed by atoms with Crippen molar-refractivity contribution in [3.8, 4) is 5.75 Å². The first-order chi connectivity index (χ1) is 11.7. The smallest absolute Gasteiger partial charge is 0.224 e. The lowest BCUT2D eigenvalue weighted by atomic mass is 10.1. The Balaban J connectivity index is 1.50. The number of aryl methyl sites for hydroxylation is 1. The van der Waals surface area contributed by atoms with Crippen LogP contribution in [-0.4, -0.2) is 12.5 Å². The molecular weight excluding hydrogens is 298 g/mol. The third kappa shape index (κ3) is 4.13. The molecule has 0 radical (unpaired) electrons. The number of nitrogens with one attached hydrogen (secondary N) is 1. The molecule has 3 nitrogen and oxygen atoms in total. The van der Waals surface area contributed by atoms with Crippen molar-refractivity contribution in [2.75, 3.05) is 11.9 Å². The molecule has 3 aromatic carbocycles. The molecule has 1 amide bonds. The third-order valence-corrected chi connectivity index (χ3v) is 3.87. The van der Waals surface area contributed by atoms with Gasteiger partial charge in [-0.05, 0) is 42.5 Å². The molecular formula is C21H21NO2. The maximum atomic E-state index is 12.2. The lowest BCUT2D eigenvalue weighted by molar-refractivity contribution is -0.116. The highest BCUT2D eigenvalue weighted by Gasteiger charge is 2.05. The van der Waals surface area contributed by atoms with Gasteiger partial charge in [-0.25, -0.2) is 0 Å². The molecule has 0 unspecified atom stereocenters. The van der Waals surface area contributed by atoms with Gasteiger partial charge in [0.15, 0.2) is 0 Å². The predicted molar refractivity (Wildman–Crippen MR) is 98.5 cm³/mol. The van der Waals surface area contributed by atoms with Crippen molar-refractivity contribution < 1.29 is 9.53 Å². The summed E-state index contributed by atoms with van der Waals surface area (Å²) in [6.07, 6.45) is 1.12. The lowest BCUT2D eigenvalue weighted by Crippen LogP contribution is -2.13. The number of ether oxygens (including phenoxy) is 1. The fourth-order valence-corrected chi connectivity index (χ4v) is 2.67. The molecule has 0 bridgehead atoms. The third-order valence-electron chi connectivity index (χ3n) is 3.87. The highest BCUT2D eigenvalue weighted by atomic mass is 16.5. The van der Waals surface area contributed by atoms with Crippen LogP contribution in [0.25, 0.3) is 10.8 Å². The van der Waals surface area contributed by atoms with Gasteiger partial charge in [-0.3, -0.25) is 4.79 Å². The van der Waals surface area contributed by atoms with Crippen LogP contribution in [0.3, 0.4) is 0 Å². The number of carbonyl (C=O) groups is 1. The van der Waals surface area contributed by atoms with E-state index in [2.05, 4.69) is 5.32 Å². The Morgan fingerprint density at radius 3 is 2.67 bits per heavy atom. The van der Waals surface area contributed by atoms with Gasteiger partial charge in [-0.15, -0.1) is 0 Å². The molecule has 3 aromatic rings. The molecule has 3 rings (SSSR count). The van der Waals surface area contributed by atoms with Gasteiger partial charge in [-0.2, -0.15) is 0 Å². The van der Waals surface area contributed by atoms with Crippen molar-refractivity contribution in [1.82, 2.24) is 0 Å². The Bertz CT molecular complexity index is 837. The number of rotatable bonds is 6. The molecule has 24 heavy (non-hydrogen) atoms. The van der Waals surface area contributed by atoms with E-state index in [1.807, 2.05) is 73.7 Å². The number of hydrogen-bond donors (Lipinski definition) is 1. The van der Waals surface area contributed by atoms with Gasteiger partial charge in [-0.1, -0.05) is 48.5 Å². The van der Waals surface area contributed by atoms with Gasteiger partial charge in [0.05, 0.1) is 6.61 Å². The number of carbonyl (C=O) groups excluding carboxylic acids is 1. The molecule has 0 atom stereocenters. The van der Waals surface area contributed by atoms with E-state index in [1.165, 1.54) is 5.56 Å². The monoisotopic (exact) mass is 319 g/mol. The molecule has 122 valence electrons. The minimum Gasteiger partial charge on any atom is -0.494 e. The molecule has 1 N–H and O–H groups in total. The maximum absolute atomic E-state index is 12.2. The van der Waals surface area contributed by atoms with Gasteiger partial charge in [0, 0.05) is 17.5 Å². The highest BCUT2D eigenvalue weighted by molar-refractivity contribution is 6.02. The second-order valence-corrected chi connectivity index (χ2v) is 5.84. The van der Waals surface area contributed by atoms with Crippen molar-refractivity contribution in [2.24, 2.45) is 0 Å². The zero-order valence-electron chi connectivity index (χ0n) is 13.8. The van der Waals surface area contributed by atoms with Gasteiger partial charge < -0.3 is 10.1 Å². The average Bonchev–Trinajstić information content (AvgIpc) is 2.59. The average molecular weight is 319 g/mol. The number of benzene rings is 3. The van der Waals surface area contributed by atoms with Crippen LogP contribution >= 0.6 is 0 Å². The number of fused-ring (bicyclic) bond motifs is 1. The van der Waals surface area contributed by atoms with Crippen LogP contribution in [0.5, 0.6) is 5.75 Å². The number of anilines is 1. The fourth-order valence-electron chi connectivity index (χ4n) is 2.67. The zero-order chi connectivity index (χ0) is 16.8. The molecule has 0 aliphatic carbocycles. The molecule has 0 saturated heterocycles. The zero-order valence-corrected chi connectivity index (χ0v) is 13.8. The van der Waals surface area contributed by atoms with Crippen LogP contribution in [0.1, 0.15) is 18.4 Å². The van der Waals surface area contributed by atoms with Gasteiger partial charge in [0.2, 0.25) is 5.91 Å². The van der Waals surface area contributed by atoms with Crippen molar-refractivity contribution in [3.05, 3.63) is 72.3 Å². The minimum absolute atomic E-state index is 0.0131. The second kappa shape index (κ2) is 7.64. The normalized spacial score (nSPS) is 10.5. The van der Waals surface area contributed by atoms with E-state index in [1.54, 1.807) is 0 Å². The Hall–Kier alpha value is -2.81. The van der Waals surface area contributed by atoms with Crippen molar-refractivity contribution >= 4 is 22.4 Å². The van der Waals surface area contributed by atoms with E-state index in [0.717, 1.165) is 22.2 Å². The van der Waals surface area contributed by atoms with Crippen LogP contribution in [0.4, 0.5) is 5.69 Å². The lowest BCUT2D eigenvalue weighted by Gasteiger charge is -2.09. The predicted octanol–water partition coefficient (Wildman–Crippen LogP) is 4.95. The van der Waals surface area contributed by atoms with E-state index in [0.29, 0.717) is 19.4 Å². The SMILES string of the molecule is Cc1cccc(OCCCC(=O)Nc2cccc3ccccc23)c1. The number of amides is 1. The van der Waals surface area contributed by atoms with Crippen molar-refractivity contribution in [2.45, 2.75) is 19.8 Å². The summed E-state index contributed by atoms with van der Waals surface area (Å²) in [4.78, 5) is 12.2. The number of hydrogen-bond acceptors (Lipinski definition) is 2. The van der Waals surface area contributed by atoms with E-state index >= 15 is 0 Å². The Kier molecular flexibility index (Phi) is 5.12. The van der Waals surface area contributed by atoms with Crippen molar-refractivity contribution in [1.29, 1.82) is 0 Å². The Morgan fingerprint density at radius 1 is 1.00 bits per heavy atom. The van der Waals surface area contributed by atoms with E-state index in [4.69, 9.17) is 4.74 Å². The largest absolute Gasteiger partial charge is 0.494 e. The summed E-state index contributed by atoms with van der Waals surface area (Å²) in [6.45, 7) is 2.57. The van der Waals surface area contributed by atoms with E-state index < -0.39 is 0 Å². The molecule has 0 fully saturated rings. The molecule has 0 spiro atoms. The molecule has 0 heterocycles. The van der Waals surface area contributed by atoms with Gasteiger partial charge in [0.1, 0.15) is 5.75 Å². The standard InChI is InChI=1S/C21H21NO2/c1-16-7-4-10-18(15-16)24-14-6-13-21(23)22-20-12-5-9-17-8-2-3-11-19(17)20/h2-5,7-12,15H,6,13-14H2,1H3,(H,22,23). The van der Waals surface area contributed by atoms with Crippen LogP contribution in [0, 0.1) is 6.92 Å². The quantitative estimate of drug-likeness (QED) is 0.653. The summed E-state index contributed by atoms with van der Waals surface area (Å²) in [5.41, 5.74) is 2.03. The van der Waals surface area contributed by atoms with Crippen LogP contribution in [-0.2, 0) is 4.79 Å². The first kappa shape index (κ1) is 16.1.